The summed E-state index contributed by atoms with van der Waals surface area (Å²) in [5, 5.41) is 0.128. The van der Waals surface area contributed by atoms with E-state index < -0.39 is 120 Å². The van der Waals surface area contributed by atoms with E-state index in [0.29, 0.717) is 39.3 Å². The van der Waals surface area contributed by atoms with E-state index >= 15 is 0 Å². The number of ether oxygens (including phenoxy) is 1. The summed E-state index contributed by atoms with van der Waals surface area (Å²) in [5.41, 5.74) is 14.7. The molecule has 1 aliphatic heterocycles. The minimum atomic E-state index is -5.88. The fourth-order valence-corrected chi connectivity index (χ4v) is 19.4. The third kappa shape index (κ3) is 11.2. The molecule has 1 aliphatic carbocycles. The molecule has 5 nitrogen and oxygen atoms in total. The molecule has 0 unspecified atom stereocenters. The highest BCUT2D eigenvalue weighted by Gasteiger charge is 2.44. The van der Waals surface area contributed by atoms with Gasteiger partial charge in [0.2, 0.25) is 0 Å². The SMILES string of the molecule is [2H]c1c([2H])c([2H])c([Si](c2cc3c4c(c2)n(-c2cccc(Oc5ccc6c7ccccc7n(-c7cc(C(C)(C)C)ccn7)c6c5)c2)[c-][n+]4-c2c(-c4cc(C(C)(C)C)cc(C(C)(C)C)c4)cc(C(C)(C)C)cc2-c2cc4c(cc2-c2ccccc2-3)C(C)(C)CCC4(C)C)(c2c([2H])c([2H])c([2H])c([2H])c2[2H])c2c([2H])c([2H])c([2H])c([2H])c2[2H])c([2H])c1[2H]. The topological polar surface area (TPSA) is 35.9 Å². The predicted molar refractivity (Wildman–Crippen MR) is 431 cm³/mol. The van der Waals surface area contributed by atoms with Crippen molar-refractivity contribution in [2.24, 2.45) is 0 Å². The molecule has 4 heterocycles. The lowest BCUT2D eigenvalue weighted by Crippen LogP contribution is -2.74. The first-order valence-electron chi connectivity index (χ1n) is 43.0. The van der Waals surface area contributed by atoms with Crippen LogP contribution >= 0.6 is 0 Å². The number of benzene rings is 11. The molecule has 0 radical (unpaired) electrons. The largest absolute Gasteiger partial charge is 0.458 e. The van der Waals surface area contributed by atoms with Crippen LogP contribution in [0.1, 0.15) is 178 Å². The van der Waals surface area contributed by atoms with Gasteiger partial charge in [-0.1, -0.05) is 298 Å². The molecule has 2 aliphatic rings. The third-order valence-corrected chi connectivity index (χ3v) is 25.7. The molecule has 11 aromatic carbocycles. The second kappa shape index (κ2) is 24.0. The van der Waals surface area contributed by atoms with Crippen LogP contribution in [-0.2, 0) is 32.5 Å². The number of para-hydroxylation sites is 1. The lowest BCUT2D eigenvalue weighted by molar-refractivity contribution is -0.570. The molecule has 0 saturated carbocycles. The minimum Gasteiger partial charge on any atom is -0.458 e. The van der Waals surface area contributed by atoms with Gasteiger partial charge >= 0.3 is 0 Å². The Morgan fingerprint density at radius 3 is 1.54 bits per heavy atom. The number of hydrogen-bond donors (Lipinski definition) is 0. The average Bonchev–Trinajstić information content (AvgIpc) is 1.62. The Balaban J connectivity index is 1.14. The zero-order chi connectivity index (χ0) is 84.3. The van der Waals surface area contributed by atoms with Crippen LogP contribution in [0.3, 0.4) is 0 Å². The maximum atomic E-state index is 10.4. The number of imidazole rings is 1. The zero-order valence-corrected chi connectivity index (χ0v) is 62.2. The molecule has 508 valence electrons. The van der Waals surface area contributed by atoms with Crippen molar-refractivity contribution in [1.29, 1.82) is 0 Å². The first kappa shape index (κ1) is 51.1. The van der Waals surface area contributed by atoms with Gasteiger partial charge in [-0.3, -0.25) is 13.7 Å². The summed E-state index contributed by atoms with van der Waals surface area (Å²) in [4.78, 5) is 4.97. The normalized spacial score (nSPS) is 16.4. The Hall–Kier alpha value is -10.1. The Morgan fingerprint density at radius 2 is 0.951 bits per heavy atom. The van der Waals surface area contributed by atoms with E-state index in [2.05, 4.69) is 199 Å². The van der Waals surface area contributed by atoms with Gasteiger partial charge in [0.15, 0.2) is 8.07 Å². The van der Waals surface area contributed by atoms with E-state index in [0.717, 1.165) is 107 Å². The van der Waals surface area contributed by atoms with Crippen LogP contribution in [0.15, 0.2) is 255 Å². The monoisotopic (exact) mass is 1360 g/mol. The van der Waals surface area contributed by atoms with Crippen molar-refractivity contribution in [1.82, 2.24) is 14.1 Å². The Kier molecular flexibility index (Phi) is 12.0. The third-order valence-electron chi connectivity index (χ3n) is 21.6. The van der Waals surface area contributed by atoms with Gasteiger partial charge < -0.3 is 4.74 Å². The van der Waals surface area contributed by atoms with Gasteiger partial charge in [0.05, 0.1) is 54.0 Å². The average molecular weight is 1360 g/mol. The van der Waals surface area contributed by atoms with Crippen molar-refractivity contribution < 1.29 is 29.9 Å². The van der Waals surface area contributed by atoms with E-state index in [9.17, 15) is 16.4 Å². The molecule has 0 N–H and O–H groups in total. The van der Waals surface area contributed by atoms with Crippen molar-refractivity contribution in [3.63, 3.8) is 0 Å². The highest BCUT2D eigenvalue weighted by molar-refractivity contribution is 7.20. The summed E-state index contributed by atoms with van der Waals surface area (Å²) in [5.74, 6) is 1.62. The molecule has 0 atom stereocenters. The van der Waals surface area contributed by atoms with Crippen LogP contribution < -0.4 is 30.1 Å². The van der Waals surface area contributed by atoms with Crippen molar-refractivity contribution in [3.8, 4) is 73.2 Å². The molecule has 3 aromatic heterocycles. The van der Waals surface area contributed by atoms with Crippen LogP contribution in [-0.4, -0.2) is 22.2 Å². The first-order chi connectivity index (χ1) is 54.8. The summed E-state index contributed by atoms with van der Waals surface area (Å²) in [6.45, 7) is 35.8. The number of hydrogen-bond acceptors (Lipinski definition) is 2. The second-order valence-corrected chi connectivity index (χ2v) is 37.0. The summed E-state index contributed by atoms with van der Waals surface area (Å²) in [7, 11) is -5.88. The Labute approximate surface area is 626 Å². The summed E-state index contributed by atoms with van der Waals surface area (Å²) in [6.07, 6.45) is 7.67. The number of fused-ring (bicyclic) bond motifs is 11. The molecule has 0 amide bonds. The molecular weight excluding hydrogens is 1250 g/mol. The van der Waals surface area contributed by atoms with E-state index in [4.69, 9.17) is 13.8 Å². The standard InChI is InChI=1S/C96H94N4OSi/c1-91(2,3)63-45-48-97-88(54-63)100-85-42-29-28-41-76(85)77-44-43-69(56-86(77)100)101-68-32-30-31-67(55-68)98-61-99-89-78(62-49-64(92(4,5)6)51-65(50-62)93(7,8)9)52-66(94(10,11)12)53-81(89)80-60-84-83(95(13,14)46-47-96(84,15)16)59-79(80)74-39-26-27-40-75(74)82-57-73(58-87(98)90(82)99)102(70-33-20-17-21-34-70,71-35-22-18-23-36-71)72-37-24-19-25-38-72/h17-45,48-60H,46-47H2,1-16H3/i17D,18D,19D,20D,21D,22D,23D,24D,25D,33D,34D,35D,36D,37D,38D. The van der Waals surface area contributed by atoms with E-state index in [1.165, 1.54) is 5.56 Å². The summed E-state index contributed by atoms with van der Waals surface area (Å²) >= 11 is 0. The first-order valence-corrected chi connectivity index (χ1v) is 37.5. The van der Waals surface area contributed by atoms with Gasteiger partial charge in [-0.15, -0.1) is 0 Å². The number of aromatic nitrogens is 4. The summed E-state index contributed by atoms with van der Waals surface area (Å²) in [6, 6.07) is 40.8. The molecule has 102 heavy (non-hydrogen) atoms. The van der Waals surface area contributed by atoms with Gasteiger partial charge in [0.25, 0.3) is 6.33 Å². The lowest BCUT2D eigenvalue weighted by atomic mass is 9.62. The molecule has 0 bridgehead atoms. The van der Waals surface area contributed by atoms with Crippen LogP contribution in [0, 0.1) is 6.33 Å². The summed E-state index contributed by atoms with van der Waals surface area (Å²) < 4.78 is 161. The number of rotatable bonds is 9. The number of pyridine rings is 1. The Morgan fingerprint density at radius 1 is 0.431 bits per heavy atom. The van der Waals surface area contributed by atoms with Crippen molar-refractivity contribution in [2.75, 3.05) is 0 Å². The maximum absolute atomic E-state index is 10.4. The molecular formula is C96H94N4OSi. The molecule has 0 fully saturated rings. The van der Waals surface area contributed by atoms with E-state index in [1.807, 2.05) is 83.6 Å². The van der Waals surface area contributed by atoms with E-state index in [-0.39, 0.29) is 32.3 Å². The Bertz CT molecular complexity index is 6330. The molecule has 0 saturated heterocycles. The van der Waals surface area contributed by atoms with Crippen LogP contribution in [0.5, 0.6) is 11.5 Å². The zero-order valence-electron chi connectivity index (χ0n) is 76.2. The highest BCUT2D eigenvalue weighted by Crippen LogP contribution is 2.54. The molecule has 14 aromatic rings. The van der Waals surface area contributed by atoms with Gasteiger partial charge in [0.1, 0.15) is 17.3 Å². The highest BCUT2D eigenvalue weighted by atomic mass is 28.3. The quantitative estimate of drug-likeness (QED) is 0.0625. The van der Waals surface area contributed by atoms with Crippen molar-refractivity contribution in [3.05, 3.63) is 294 Å². The molecule has 16 rings (SSSR count). The van der Waals surface area contributed by atoms with Gasteiger partial charge in [-0.2, -0.15) is 0 Å². The maximum Gasteiger partial charge on any atom is 0.269 e. The van der Waals surface area contributed by atoms with Crippen LogP contribution in [0.2, 0.25) is 0 Å². The van der Waals surface area contributed by atoms with Gasteiger partial charge in [-0.25, -0.2) is 4.98 Å². The number of nitrogens with zero attached hydrogens (tertiary/aromatic N) is 4. The van der Waals surface area contributed by atoms with Gasteiger partial charge in [-0.05, 0) is 199 Å². The second-order valence-electron chi connectivity index (χ2n) is 33.4. The molecule has 0 spiro atoms. The van der Waals surface area contributed by atoms with Crippen LogP contribution in [0.4, 0.5) is 0 Å². The minimum absolute atomic E-state index is 0.0575. The van der Waals surface area contributed by atoms with Crippen molar-refractivity contribution >= 4 is 61.7 Å². The van der Waals surface area contributed by atoms with Crippen molar-refractivity contribution in [2.45, 2.75) is 156 Å². The van der Waals surface area contributed by atoms with Gasteiger partial charge in [0, 0.05) is 23.0 Å². The smallest absolute Gasteiger partial charge is 0.269 e. The fraction of sp³-hybridized carbons (Fsp3) is 0.250. The molecule has 6 heteroatoms. The fourth-order valence-electron chi connectivity index (χ4n) is 15.6. The van der Waals surface area contributed by atoms with Crippen LogP contribution in [0.25, 0.3) is 94.5 Å². The lowest BCUT2D eigenvalue weighted by Gasteiger charge is -2.42. The predicted octanol–water partition coefficient (Wildman–Crippen LogP) is 21.9. The van der Waals surface area contributed by atoms with E-state index in [1.54, 1.807) is 12.1 Å².